The third-order valence-electron chi connectivity index (χ3n) is 2.15. The van der Waals surface area contributed by atoms with Crippen molar-refractivity contribution in [2.75, 3.05) is 0 Å². The molecule has 0 fully saturated rings. The van der Waals surface area contributed by atoms with Crippen LogP contribution in [0.5, 0.6) is 0 Å². The molecule has 0 saturated carbocycles. The highest BCUT2D eigenvalue weighted by molar-refractivity contribution is 5.30. The van der Waals surface area contributed by atoms with Gasteiger partial charge in [0.25, 0.3) is 0 Å². The lowest BCUT2D eigenvalue weighted by atomic mass is 10.0. The standard InChI is InChI=1S/C11H11F4N/c1-2-4-9(16)7-5-3-6-8(10(7)12)11(13,14)15/h2-3,5-6,9H,1,4,16H2/t9-/m0/s1. The molecule has 0 heterocycles. The quantitative estimate of drug-likeness (QED) is 0.628. The largest absolute Gasteiger partial charge is 0.419 e. The van der Waals surface area contributed by atoms with Crippen molar-refractivity contribution in [3.63, 3.8) is 0 Å². The molecule has 1 aromatic carbocycles. The van der Waals surface area contributed by atoms with E-state index in [4.69, 9.17) is 5.73 Å². The van der Waals surface area contributed by atoms with Gasteiger partial charge < -0.3 is 5.73 Å². The topological polar surface area (TPSA) is 26.0 Å². The maximum atomic E-state index is 13.5. The highest BCUT2D eigenvalue weighted by Gasteiger charge is 2.35. The summed E-state index contributed by atoms with van der Waals surface area (Å²) >= 11 is 0. The van der Waals surface area contributed by atoms with Gasteiger partial charge in [0, 0.05) is 11.6 Å². The molecule has 2 N–H and O–H groups in total. The molecule has 1 aromatic rings. The molecule has 16 heavy (non-hydrogen) atoms. The second kappa shape index (κ2) is 4.65. The fourth-order valence-corrected chi connectivity index (χ4v) is 1.36. The predicted octanol–water partition coefficient (Wildman–Crippen LogP) is 3.42. The zero-order chi connectivity index (χ0) is 12.3. The zero-order valence-corrected chi connectivity index (χ0v) is 8.39. The average Bonchev–Trinajstić information content (AvgIpc) is 2.16. The zero-order valence-electron chi connectivity index (χ0n) is 8.39. The summed E-state index contributed by atoms with van der Waals surface area (Å²) in [4.78, 5) is 0. The maximum absolute atomic E-state index is 13.5. The molecule has 0 unspecified atom stereocenters. The number of rotatable bonds is 3. The van der Waals surface area contributed by atoms with Gasteiger partial charge in [-0.1, -0.05) is 18.2 Å². The van der Waals surface area contributed by atoms with E-state index < -0.39 is 23.6 Å². The van der Waals surface area contributed by atoms with Crippen LogP contribution in [0.4, 0.5) is 17.6 Å². The molecule has 0 aliphatic carbocycles. The first-order valence-electron chi connectivity index (χ1n) is 4.60. The SMILES string of the molecule is C=CC[C@H](N)c1cccc(C(F)(F)F)c1F. The number of halogens is 4. The van der Waals surface area contributed by atoms with Gasteiger partial charge in [-0.2, -0.15) is 13.2 Å². The van der Waals surface area contributed by atoms with Gasteiger partial charge in [0.05, 0.1) is 5.56 Å². The van der Waals surface area contributed by atoms with Gasteiger partial charge in [0.2, 0.25) is 0 Å². The van der Waals surface area contributed by atoms with E-state index in [0.29, 0.717) is 6.07 Å². The second-order valence-corrected chi connectivity index (χ2v) is 3.34. The van der Waals surface area contributed by atoms with E-state index in [1.807, 2.05) is 0 Å². The van der Waals surface area contributed by atoms with Crippen LogP contribution < -0.4 is 5.73 Å². The monoisotopic (exact) mass is 233 g/mol. The fraction of sp³-hybridized carbons (Fsp3) is 0.273. The summed E-state index contributed by atoms with van der Waals surface area (Å²) in [6.45, 7) is 3.40. The van der Waals surface area contributed by atoms with Crippen LogP contribution in [-0.2, 0) is 6.18 Å². The number of hydrogen-bond acceptors (Lipinski definition) is 1. The molecule has 1 nitrogen and oxygen atoms in total. The van der Waals surface area contributed by atoms with Gasteiger partial charge in [0.15, 0.2) is 0 Å². The summed E-state index contributed by atoms with van der Waals surface area (Å²) in [5.41, 5.74) is 4.11. The number of benzene rings is 1. The van der Waals surface area contributed by atoms with E-state index in [9.17, 15) is 17.6 Å². The van der Waals surface area contributed by atoms with Crippen LogP contribution in [0.25, 0.3) is 0 Å². The normalized spacial score (nSPS) is 13.6. The molecule has 88 valence electrons. The molecule has 0 bridgehead atoms. The van der Waals surface area contributed by atoms with E-state index in [-0.39, 0.29) is 12.0 Å². The summed E-state index contributed by atoms with van der Waals surface area (Å²) in [6, 6.07) is 2.28. The molecule has 0 saturated heterocycles. The van der Waals surface area contributed by atoms with Crippen molar-refractivity contribution in [2.45, 2.75) is 18.6 Å². The maximum Gasteiger partial charge on any atom is 0.419 e. The minimum atomic E-state index is -4.70. The van der Waals surface area contributed by atoms with Crippen LogP contribution in [0.1, 0.15) is 23.6 Å². The number of alkyl halides is 3. The van der Waals surface area contributed by atoms with Crippen molar-refractivity contribution in [1.82, 2.24) is 0 Å². The van der Waals surface area contributed by atoms with E-state index in [1.165, 1.54) is 12.1 Å². The molecule has 0 aliphatic rings. The second-order valence-electron chi connectivity index (χ2n) is 3.34. The van der Waals surface area contributed by atoms with Crippen LogP contribution in [0.15, 0.2) is 30.9 Å². The van der Waals surface area contributed by atoms with Gasteiger partial charge in [-0.05, 0) is 12.5 Å². The average molecular weight is 233 g/mol. The Labute approximate surface area is 90.6 Å². The summed E-state index contributed by atoms with van der Waals surface area (Å²) in [5.74, 6) is -1.30. The summed E-state index contributed by atoms with van der Waals surface area (Å²) in [5, 5.41) is 0. The number of hydrogen-bond donors (Lipinski definition) is 1. The van der Waals surface area contributed by atoms with Crippen LogP contribution in [0.3, 0.4) is 0 Å². The fourth-order valence-electron chi connectivity index (χ4n) is 1.36. The van der Waals surface area contributed by atoms with Gasteiger partial charge in [-0.15, -0.1) is 6.58 Å². The Morgan fingerprint density at radius 2 is 2.00 bits per heavy atom. The van der Waals surface area contributed by atoms with Crippen molar-refractivity contribution < 1.29 is 17.6 Å². The third kappa shape index (κ3) is 2.61. The van der Waals surface area contributed by atoms with E-state index >= 15 is 0 Å². The van der Waals surface area contributed by atoms with Crippen molar-refractivity contribution in [2.24, 2.45) is 5.73 Å². The summed E-state index contributed by atoms with van der Waals surface area (Å²) < 4.78 is 50.6. The lowest BCUT2D eigenvalue weighted by Gasteiger charge is -2.14. The molecule has 0 aliphatic heterocycles. The molecular weight excluding hydrogens is 222 g/mol. The first kappa shape index (κ1) is 12.7. The van der Waals surface area contributed by atoms with Crippen LogP contribution in [0.2, 0.25) is 0 Å². The van der Waals surface area contributed by atoms with E-state index in [1.54, 1.807) is 0 Å². The lowest BCUT2D eigenvalue weighted by Crippen LogP contribution is -2.15. The van der Waals surface area contributed by atoms with Crippen LogP contribution in [0, 0.1) is 5.82 Å². The van der Waals surface area contributed by atoms with E-state index in [2.05, 4.69) is 6.58 Å². The molecule has 0 aromatic heterocycles. The Morgan fingerprint density at radius 1 is 1.38 bits per heavy atom. The number of nitrogens with two attached hydrogens (primary N) is 1. The molecule has 0 radical (unpaired) electrons. The molecule has 1 rings (SSSR count). The van der Waals surface area contributed by atoms with E-state index in [0.717, 1.165) is 6.07 Å². The highest BCUT2D eigenvalue weighted by atomic mass is 19.4. The molecule has 1 atom stereocenters. The Bertz CT molecular complexity index is 384. The van der Waals surface area contributed by atoms with Crippen LogP contribution in [-0.4, -0.2) is 0 Å². The Balaban J connectivity index is 3.18. The van der Waals surface area contributed by atoms with Gasteiger partial charge in [-0.3, -0.25) is 0 Å². The third-order valence-corrected chi connectivity index (χ3v) is 2.15. The van der Waals surface area contributed by atoms with Crippen molar-refractivity contribution in [3.8, 4) is 0 Å². The Morgan fingerprint density at radius 3 is 2.50 bits per heavy atom. The smallest absolute Gasteiger partial charge is 0.324 e. The van der Waals surface area contributed by atoms with Crippen LogP contribution >= 0.6 is 0 Å². The van der Waals surface area contributed by atoms with Gasteiger partial charge in [-0.25, -0.2) is 4.39 Å². The van der Waals surface area contributed by atoms with Crippen molar-refractivity contribution >= 4 is 0 Å². The molecule has 0 spiro atoms. The molecule has 5 heteroatoms. The van der Waals surface area contributed by atoms with Crippen molar-refractivity contribution in [3.05, 3.63) is 47.8 Å². The summed E-state index contributed by atoms with van der Waals surface area (Å²) in [6.07, 6.45) is -3.05. The molecular formula is C11H11F4N. The van der Waals surface area contributed by atoms with Gasteiger partial charge in [0.1, 0.15) is 5.82 Å². The Kier molecular flexibility index (Phi) is 3.70. The predicted molar refractivity (Wildman–Crippen MR) is 53.1 cm³/mol. The lowest BCUT2D eigenvalue weighted by molar-refractivity contribution is -0.140. The first-order valence-corrected chi connectivity index (χ1v) is 4.60. The van der Waals surface area contributed by atoms with Crippen molar-refractivity contribution in [1.29, 1.82) is 0 Å². The Hall–Kier alpha value is -1.36. The first-order chi connectivity index (χ1) is 7.38. The highest BCUT2D eigenvalue weighted by Crippen LogP contribution is 2.33. The minimum Gasteiger partial charge on any atom is -0.324 e. The molecule has 0 amide bonds. The summed E-state index contributed by atoms with van der Waals surface area (Å²) in [7, 11) is 0. The van der Waals surface area contributed by atoms with Gasteiger partial charge >= 0.3 is 6.18 Å². The minimum absolute atomic E-state index is 0.144.